The first kappa shape index (κ1) is 24.8. The first-order valence-corrected chi connectivity index (χ1v) is 14.3. The molecule has 184 valence electrons. The van der Waals surface area contributed by atoms with Gasteiger partial charge in [-0.15, -0.1) is 0 Å². The Labute approximate surface area is 200 Å². The maximum absolute atomic E-state index is 5.70. The number of rotatable bonds is 7. The second-order valence-corrected chi connectivity index (χ2v) is 13.9. The van der Waals surface area contributed by atoms with Crippen molar-refractivity contribution >= 4 is 0 Å². The summed E-state index contributed by atoms with van der Waals surface area (Å²) < 4.78 is 5.70. The number of ether oxygens (including phenoxy) is 1. The summed E-state index contributed by atoms with van der Waals surface area (Å²) in [6, 6.07) is 0. The van der Waals surface area contributed by atoms with Crippen LogP contribution in [0.1, 0.15) is 126 Å². The minimum Gasteiger partial charge on any atom is -0.379 e. The third-order valence-corrected chi connectivity index (χ3v) is 12.5. The Bertz CT molecular complexity index is 705. The van der Waals surface area contributed by atoms with Gasteiger partial charge in [0.25, 0.3) is 0 Å². The van der Waals surface area contributed by atoms with E-state index < -0.39 is 0 Å². The lowest BCUT2D eigenvalue weighted by molar-refractivity contribution is -0.0873. The Kier molecular flexibility index (Phi) is 6.77. The number of methoxy groups -OCH3 is 1. The van der Waals surface area contributed by atoms with Crippen molar-refractivity contribution in [1.29, 1.82) is 0 Å². The van der Waals surface area contributed by atoms with Gasteiger partial charge in [-0.1, -0.05) is 65.5 Å². The van der Waals surface area contributed by atoms with Crippen LogP contribution in [-0.2, 0) is 4.74 Å². The van der Waals surface area contributed by atoms with Gasteiger partial charge in [0.15, 0.2) is 0 Å². The van der Waals surface area contributed by atoms with Crippen LogP contribution in [0.4, 0.5) is 0 Å². The van der Waals surface area contributed by atoms with Crippen molar-refractivity contribution in [3.8, 4) is 0 Å². The van der Waals surface area contributed by atoms with Gasteiger partial charge in [0.1, 0.15) is 0 Å². The zero-order chi connectivity index (χ0) is 23.4. The molecule has 3 fully saturated rings. The summed E-state index contributed by atoms with van der Waals surface area (Å²) in [5.74, 6) is 4.62. The topological polar surface area (TPSA) is 9.23 Å². The Balaban J connectivity index is 1.49. The first-order valence-electron chi connectivity index (χ1n) is 14.3. The average molecular weight is 443 g/mol. The van der Waals surface area contributed by atoms with E-state index in [4.69, 9.17) is 4.74 Å². The maximum atomic E-state index is 5.70. The molecule has 0 heterocycles. The molecule has 0 aromatic rings. The highest BCUT2D eigenvalue weighted by Gasteiger charge is 2.63. The molecule has 4 aliphatic carbocycles. The molecule has 1 nitrogen and oxygen atoms in total. The van der Waals surface area contributed by atoms with Gasteiger partial charge >= 0.3 is 0 Å². The van der Waals surface area contributed by atoms with Crippen LogP contribution < -0.4 is 0 Å². The SMILES string of the molecule is CCC1CCC2(C)C(=CCC3C2CCC2(C)[C@H]3CC[C@]2(C)[C@@H](C)CCCC(C)(C)OC)C1. The zero-order valence-corrected chi connectivity index (χ0v) is 22.9. The average Bonchev–Trinajstić information content (AvgIpc) is 3.05. The molecular weight excluding hydrogens is 388 g/mol. The van der Waals surface area contributed by atoms with Crippen LogP contribution in [0.3, 0.4) is 0 Å². The van der Waals surface area contributed by atoms with Gasteiger partial charge in [-0.05, 0) is 117 Å². The first-order chi connectivity index (χ1) is 15.0. The number of fused-ring (bicyclic) bond motifs is 5. The van der Waals surface area contributed by atoms with Crippen LogP contribution in [0.15, 0.2) is 11.6 Å². The predicted octanol–water partition coefficient (Wildman–Crippen LogP) is 9.21. The lowest BCUT2D eigenvalue weighted by Gasteiger charge is -2.60. The molecule has 1 heteroatoms. The van der Waals surface area contributed by atoms with Crippen LogP contribution in [0, 0.1) is 45.8 Å². The Morgan fingerprint density at radius 1 is 1.06 bits per heavy atom. The lowest BCUT2D eigenvalue weighted by Crippen LogP contribution is -2.52. The van der Waals surface area contributed by atoms with Crippen LogP contribution in [-0.4, -0.2) is 12.7 Å². The quantitative estimate of drug-likeness (QED) is 0.357. The smallest absolute Gasteiger partial charge is 0.0622 e. The standard InChI is InChI=1S/C31H54O/c1-9-23-14-18-29(5)24(21-23)12-13-25-26(29)15-20-31(7)27(25)16-19-30(31,6)22(2)11-10-17-28(3,4)32-8/h12,22-23,25-27H,9-11,13-21H2,1-8H3/t22-,23?,25?,26?,27-,29?,30+,31?/m0/s1. The van der Waals surface area contributed by atoms with E-state index in [0.29, 0.717) is 16.2 Å². The summed E-state index contributed by atoms with van der Waals surface area (Å²) in [5.41, 5.74) is 3.46. The van der Waals surface area contributed by atoms with Crippen molar-refractivity contribution in [1.82, 2.24) is 0 Å². The van der Waals surface area contributed by atoms with E-state index in [1.165, 1.54) is 77.0 Å². The molecule has 0 aliphatic heterocycles. The largest absolute Gasteiger partial charge is 0.379 e. The van der Waals surface area contributed by atoms with Crippen LogP contribution in [0.2, 0.25) is 0 Å². The fourth-order valence-electron chi connectivity index (χ4n) is 9.45. The van der Waals surface area contributed by atoms with Crippen molar-refractivity contribution in [3.05, 3.63) is 11.6 Å². The highest BCUT2D eigenvalue weighted by molar-refractivity contribution is 5.25. The van der Waals surface area contributed by atoms with E-state index >= 15 is 0 Å². The van der Waals surface area contributed by atoms with Crippen molar-refractivity contribution in [3.63, 3.8) is 0 Å². The van der Waals surface area contributed by atoms with Gasteiger partial charge in [-0.3, -0.25) is 0 Å². The van der Waals surface area contributed by atoms with Gasteiger partial charge in [-0.25, -0.2) is 0 Å². The summed E-state index contributed by atoms with van der Waals surface area (Å²) >= 11 is 0. The molecule has 4 aliphatic rings. The predicted molar refractivity (Wildman–Crippen MR) is 138 cm³/mol. The number of hydrogen-bond acceptors (Lipinski definition) is 1. The number of hydrogen-bond donors (Lipinski definition) is 0. The molecule has 0 spiro atoms. The lowest BCUT2D eigenvalue weighted by atomic mass is 9.44. The molecular formula is C31H54O. The van der Waals surface area contributed by atoms with Crippen molar-refractivity contribution in [2.75, 3.05) is 7.11 Å². The van der Waals surface area contributed by atoms with Crippen molar-refractivity contribution < 1.29 is 4.74 Å². The summed E-state index contributed by atoms with van der Waals surface area (Å²) in [4.78, 5) is 0. The fourth-order valence-corrected chi connectivity index (χ4v) is 9.45. The third-order valence-electron chi connectivity index (χ3n) is 12.5. The van der Waals surface area contributed by atoms with Crippen molar-refractivity contribution in [2.45, 2.75) is 131 Å². The van der Waals surface area contributed by atoms with E-state index in [1.807, 2.05) is 12.7 Å². The third kappa shape index (κ3) is 3.85. The number of allylic oxidation sites excluding steroid dienone is 2. The minimum absolute atomic E-state index is 0.0269. The normalized spacial score (nSPS) is 44.9. The molecule has 0 saturated heterocycles. The van der Waals surface area contributed by atoms with Crippen molar-refractivity contribution in [2.24, 2.45) is 45.8 Å². The molecule has 0 bridgehead atoms. The summed E-state index contributed by atoms with van der Waals surface area (Å²) in [6.07, 6.45) is 19.6. The Morgan fingerprint density at radius 3 is 2.47 bits per heavy atom. The summed E-state index contributed by atoms with van der Waals surface area (Å²) in [5, 5.41) is 0. The molecule has 8 atom stereocenters. The monoisotopic (exact) mass is 442 g/mol. The Hall–Kier alpha value is -0.300. The van der Waals surface area contributed by atoms with E-state index in [-0.39, 0.29) is 5.60 Å². The molecule has 0 aromatic heterocycles. The van der Waals surface area contributed by atoms with E-state index in [1.54, 1.807) is 0 Å². The fraction of sp³-hybridized carbons (Fsp3) is 0.935. The molecule has 0 amide bonds. The maximum Gasteiger partial charge on any atom is 0.0622 e. The van der Waals surface area contributed by atoms with E-state index in [2.05, 4.69) is 54.5 Å². The molecule has 0 N–H and O–H groups in total. The second-order valence-electron chi connectivity index (χ2n) is 13.9. The van der Waals surface area contributed by atoms with E-state index in [9.17, 15) is 0 Å². The van der Waals surface area contributed by atoms with Gasteiger partial charge in [0, 0.05) is 7.11 Å². The van der Waals surface area contributed by atoms with Crippen LogP contribution >= 0.6 is 0 Å². The van der Waals surface area contributed by atoms with E-state index in [0.717, 1.165) is 29.6 Å². The highest BCUT2D eigenvalue weighted by atomic mass is 16.5. The molecule has 0 radical (unpaired) electrons. The van der Waals surface area contributed by atoms with Gasteiger partial charge in [0.05, 0.1) is 5.60 Å². The van der Waals surface area contributed by atoms with Gasteiger partial charge < -0.3 is 4.74 Å². The minimum atomic E-state index is 0.0269. The molecule has 0 aromatic carbocycles. The Morgan fingerprint density at radius 2 is 1.78 bits per heavy atom. The summed E-state index contributed by atoms with van der Waals surface area (Å²) in [7, 11) is 1.87. The molecule has 4 rings (SSSR count). The molecule has 5 unspecified atom stereocenters. The van der Waals surface area contributed by atoms with Gasteiger partial charge in [0.2, 0.25) is 0 Å². The summed E-state index contributed by atoms with van der Waals surface area (Å²) in [6.45, 7) is 17.6. The molecule has 32 heavy (non-hydrogen) atoms. The highest BCUT2D eigenvalue weighted by Crippen LogP contribution is 2.71. The van der Waals surface area contributed by atoms with Crippen LogP contribution in [0.5, 0.6) is 0 Å². The van der Waals surface area contributed by atoms with Gasteiger partial charge in [-0.2, -0.15) is 0 Å². The van der Waals surface area contributed by atoms with Crippen LogP contribution in [0.25, 0.3) is 0 Å². The molecule has 3 saturated carbocycles. The second kappa shape index (κ2) is 8.73. The zero-order valence-electron chi connectivity index (χ0n) is 22.9.